The Labute approximate surface area is 93.2 Å². The standard InChI is InChI=1S/C11H25NOS/c1-4-13-9-6-5-7-12-8-10-14-11(2)3/h11-12H,4-10H2,1-3H3. The maximum absolute atomic E-state index is 5.26. The van der Waals surface area contributed by atoms with Gasteiger partial charge in [0.05, 0.1) is 0 Å². The van der Waals surface area contributed by atoms with Gasteiger partial charge in [0.1, 0.15) is 0 Å². The number of hydrogen-bond donors (Lipinski definition) is 1. The van der Waals surface area contributed by atoms with Crippen molar-refractivity contribution < 1.29 is 4.74 Å². The molecule has 0 saturated carbocycles. The maximum Gasteiger partial charge on any atom is 0.0466 e. The summed E-state index contributed by atoms with van der Waals surface area (Å²) >= 11 is 2.02. The molecule has 0 aromatic rings. The Morgan fingerprint density at radius 2 is 2.00 bits per heavy atom. The van der Waals surface area contributed by atoms with Gasteiger partial charge in [-0.2, -0.15) is 11.8 Å². The lowest BCUT2D eigenvalue weighted by Crippen LogP contribution is -2.19. The zero-order chi connectivity index (χ0) is 10.6. The first kappa shape index (κ1) is 14.3. The number of ether oxygens (including phenoxy) is 1. The predicted molar refractivity (Wildman–Crippen MR) is 66.2 cm³/mol. The Morgan fingerprint density at radius 3 is 2.64 bits per heavy atom. The van der Waals surface area contributed by atoms with Gasteiger partial charge in [0.15, 0.2) is 0 Å². The third-order valence-electron chi connectivity index (χ3n) is 1.83. The number of unbranched alkanes of at least 4 members (excludes halogenated alkanes) is 1. The third-order valence-corrected chi connectivity index (χ3v) is 2.93. The van der Waals surface area contributed by atoms with Gasteiger partial charge < -0.3 is 10.1 Å². The molecule has 2 nitrogen and oxygen atoms in total. The van der Waals surface area contributed by atoms with Crippen LogP contribution in [0.2, 0.25) is 0 Å². The second-order valence-electron chi connectivity index (χ2n) is 3.57. The fourth-order valence-electron chi connectivity index (χ4n) is 1.09. The van der Waals surface area contributed by atoms with E-state index in [1.54, 1.807) is 0 Å². The van der Waals surface area contributed by atoms with Crippen molar-refractivity contribution in [3.8, 4) is 0 Å². The van der Waals surface area contributed by atoms with E-state index in [9.17, 15) is 0 Å². The predicted octanol–water partition coefficient (Wildman–Crippen LogP) is 2.53. The monoisotopic (exact) mass is 219 g/mol. The van der Waals surface area contributed by atoms with Crippen LogP contribution in [0.3, 0.4) is 0 Å². The van der Waals surface area contributed by atoms with Gasteiger partial charge in [-0.3, -0.25) is 0 Å². The van der Waals surface area contributed by atoms with E-state index in [1.165, 1.54) is 18.6 Å². The number of rotatable bonds is 10. The SMILES string of the molecule is CCOCCCCNCCSC(C)C. The van der Waals surface area contributed by atoms with Crippen LogP contribution in [0.1, 0.15) is 33.6 Å². The van der Waals surface area contributed by atoms with Crippen LogP contribution in [-0.4, -0.2) is 37.3 Å². The fraction of sp³-hybridized carbons (Fsp3) is 1.00. The van der Waals surface area contributed by atoms with Crippen molar-refractivity contribution >= 4 is 11.8 Å². The molecule has 1 N–H and O–H groups in total. The highest BCUT2D eigenvalue weighted by Crippen LogP contribution is 2.06. The molecule has 0 aromatic carbocycles. The lowest BCUT2D eigenvalue weighted by Gasteiger charge is -2.06. The molecule has 0 heterocycles. The Hall–Kier alpha value is 0.270. The molecular formula is C11H25NOS. The number of thioether (sulfide) groups is 1. The van der Waals surface area contributed by atoms with Gasteiger partial charge in [-0.1, -0.05) is 13.8 Å². The average Bonchev–Trinajstić information content (AvgIpc) is 2.15. The molecule has 0 bridgehead atoms. The second kappa shape index (κ2) is 11.3. The van der Waals surface area contributed by atoms with Gasteiger partial charge in [-0.05, 0) is 31.6 Å². The van der Waals surface area contributed by atoms with E-state index >= 15 is 0 Å². The average molecular weight is 219 g/mol. The molecule has 0 aliphatic heterocycles. The summed E-state index contributed by atoms with van der Waals surface area (Å²) in [7, 11) is 0. The minimum atomic E-state index is 0.759. The highest BCUT2D eigenvalue weighted by molar-refractivity contribution is 7.99. The lowest BCUT2D eigenvalue weighted by atomic mass is 10.3. The van der Waals surface area contributed by atoms with E-state index in [0.29, 0.717) is 0 Å². The molecule has 0 saturated heterocycles. The molecule has 0 fully saturated rings. The van der Waals surface area contributed by atoms with Crippen LogP contribution in [0.4, 0.5) is 0 Å². The van der Waals surface area contributed by atoms with Crippen LogP contribution in [0, 0.1) is 0 Å². The second-order valence-corrected chi connectivity index (χ2v) is 5.26. The summed E-state index contributed by atoms with van der Waals surface area (Å²) in [5.74, 6) is 1.23. The fourth-order valence-corrected chi connectivity index (χ4v) is 1.82. The van der Waals surface area contributed by atoms with Crippen LogP contribution in [-0.2, 0) is 4.74 Å². The smallest absolute Gasteiger partial charge is 0.0466 e. The first-order valence-electron chi connectivity index (χ1n) is 5.67. The largest absolute Gasteiger partial charge is 0.382 e. The molecule has 0 amide bonds. The van der Waals surface area contributed by atoms with Gasteiger partial charge in [0, 0.05) is 25.5 Å². The first-order valence-corrected chi connectivity index (χ1v) is 6.72. The van der Waals surface area contributed by atoms with E-state index in [-0.39, 0.29) is 0 Å². The van der Waals surface area contributed by atoms with Crippen molar-refractivity contribution in [3.05, 3.63) is 0 Å². The summed E-state index contributed by atoms with van der Waals surface area (Å²) in [6.07, 6.45) is 2.41. The highest BCUT2D eigenvalue weighted by atomic mass is 32.2. The summed E-state index contributed by atoms with van der Waals surface area (Å²) in [4.78, 5) is 0. The highest BCUT2D eigenvalue weighted by Gasteiger charge is 1.93. The molecule has 14 heavy (non-hydrogen) atoms. The van der Waals surface area contributed by atoms with E-state index in [2.05, 4.69) is 19.2 Å². The molecule has 0 aliphatic carbocycles. The summed E-state index contributed by atoms with van der Waals surface area (Å²) < 4.78 is 5.26. The van der Waals surface area contributed by atoms with Gasteiger partial charge in [-0.15, -0.1) is 0 Å². The van der Waals surface area contributed by atoms with Gasteiger partial charge in [-0.25, -0.2) is 0 Å². The first-order chi connectivity index (χ1) is 6.77. The molecule has 86 valence electrons. The molecule has 0 radical (unpaired) electrons. The zero-order valence-corrected chi connectivity index (χ0v) is 10.7. The molecule has 0 spiro atoms. The summed E-state index contributed by atoms with van der Waals surface area (Å²) in [5.41, 5.74) is 0. The molecule has 0 unspecified atom stereocenters. The molecule has 3 heteroatoms. The Balaban J connectivity index is 2.85. The van der Waals surface area contributed by atoms with Crippen molar-refractivity contribution in [2.45, 2.75) is 38.9 Å². The van der Waals surface area contributed by atoms with E-state index in [4.69, 9.17) is 4.74 Å². The van der Waals surface area contributed by atoms with Crippen molar-refractivity contribution in [2.24, 2.45) is 0 Å². The quantitative estimate of drug-likeness (QED) is 0.571. The number of nitrogens with one attached hydrogen (secondary N) is 1. The Kier molecular flexibility index (Phi) is 11.6. The van der Waals surface area contributed by atoms with Gasteiger partial charge >= 0.3 is 0 Å². The Morgan fingerprint density at radius 1 is 1.21 bits per heavy atom. The summed E-state index contributed by atoms with van der Waals surface area (Å²) in [6.45, 7) is 10.6. The van der Waals surface area contributed by atoms with Crippen LogP contribution in [0.15, 0.2) is 0 Å². The normalized spacial score (nSPS) is 11.1. The summed E-state index contributed by atoms with van der Waals surface area (Å²) in [6, 6.07) is 0. The van der Waals surface area contributed by atoms with Crippen molar-refractivity contribution in [3.63, 3.8) is 0 Å². The van der Waals surface area contributed by atoms with Crippen LogP contribution >= 0.6 is 11.8 Å². The molecule has 0 atom stereocenters. The molecular weight excluding hydrogens is 194 g/mol. The van der Waals surface area contributed by atoms with Crippen molar-refractivity contribution in [1.82, 2.24) is 5.32 Å². The van der Waals surface area contributed by atoms with Gasteiger partial charge in [0.2, 0.25) is 0 Å². The third kappa shape index (κ3) is 12.3. The zero-order valence-electron chi connectivity index (χ0n) is 9.84. The number of hydrogen-bond acceptors (Lipinski definition) is 3. The van der Waals surface area contributed by atoms with Gasteiger partial charge in [0.25, 0.3) is 0 Å². The van der Waals surface area contributed by atoms with E-state index in [1.807, 2.05) is 18.7 Å². The lowest BCUT2D eigenvalue weighted by molar-refractivity contribution is 0.143. The Bertz CT molecular complexity index is 109. The molecule has 0 aliphatic rings. The minimum Gasteiger partial charge on any atom is -0.382 e. The van der Waals surface area contributed by atoms with Crippen molar-refractivity contribution in [2.75, 3.05) is 32.1 Å². The maximum atomic E-state index is 5.26. The topological polar surface area (TPSA) is 21.3 Å². The van der Waals surface area contributed by atoms with Crippen LogP contribution in [0.25, 0.3) is 0 Å². The summed E-state index contributed by atoms with van der Waals surface area (Å²) in [5, 5.41) is 4.20. The van der Waals surface area contributed by atoms with E-state index < -0.39 is 0 Å². The van der Waals surface area contributed by atoms with Crippen LogP contribution in [0.5, 0.6) is 0 Å². The van der Waals surface area contributed by atoms with E-state index in [0.717, 1.165) is 31.6 Å². The van der Waals surface area contributed by atoms with Crippen molar-refractivity contribution in [1.29, 1.82) is 0 Å². The molecule has 0 aromatic heterocycles. The minimum absolute atomic E-state index is 0.759. The van der Waals surface area contributed by atoms with Crippen LogP contribution < -0.4 is 5.32 Å². The molecule has 0 rings (SSSR count).